The first-order chi connectivity index (χ1) is 15.3. The Bertz CT molecular complexity index is 1030. The first-order valence-corrected chi connectivity index (χ1v) is 10.7. The van der Waals surface area contributed by atoms with Crippen LogP contribution in [0, 0.1) is 0 Å². The van der Waals surface area contributed by atoms with Crippen LogP contribution in [0.4, 0.5) is 0 Å². The van der Waals surface area contributed by atoms with Crippen molar-refractivity contribution in [3.8, 4) is 5.75 Å². The number of carbonyl (C=O) groups excluding carboxylic acids is 2. The third-order valence-corrected chi connectivity index (χ3v) is 5.46. The molecule has 1 amide bonds. The molecule has 7 heteroatoms. The van der Waals surface area contributed by atoms with Gasteiger partial charge in [-0.2, -0.15) is 0 Å². The quantitative estimate of drug-likeness (QED) is 0.265. The first-order valence-electron chi connectivity index (χ1n) is 10.4. The van der Waals surface area contributed by atoms with Crippen molar-refractivity contribution in [3.63, 3.8) is 0 Å². The third kappa shape index (κ3) is 5.21. The van der Waals surface area contributed by atoms with E-state index < -0.39 is 17.7 Å². The molecule has 1 fully saturated rings. The summed E-state index contributed by atoms with van der Waals surface area (Å²) in [6.45, 7) is 5.12. The number of ether oxygens (including phenoxy) is 1. The molecule has 1 unspecified atom stereocenters. The van der Waals surface area contributed by atoms with Gasteiger partial charge in [0.05, 0.1) is 11.6 Å². The average molecular weight is 455 g/mol. The molecule has 1 aliphatic rings. The lowest BCUT2D eigenvalue weighted by Crippen LogP contribution is -2.32. The number of ketones is 1. The van der Waals surface area contributed by atoms with Crippen molar-refractivity contribution < 1.29 is 19.4 Å². The summed E-state index contributed by atoms with van der Waals surface area (Å²) >= 11 is 5.97. The minimum absolute atomic E-state index is 0.0584. The lowest BCUT2D eigenvalue weighted by molar-refractivity contribution is -0.139. The minimum atomic E-state index is -0.722. The predicted octanol–water partition coefficient (Wildman–Crippen LogP) is 4.28. The molecule has 0 radical (unpaired) electrons. The molecule has 0 aliphatic carbocycles. The van der Waals surface area contributed by atoms with E-state index >= 15 is 0 Å². The van der Waals surface area contributed by atoms with Crippen molar-refractivity contribution in [2.24, 2.45) is 0 Å². The number of nitrogens with zero attached hydrogens (tertiary/aromatic N) is 2. The monoisotopic (exact) mass is 454 g/mol. The van der Waals surface area contributed by atoms with E-state index in [1.807, 2.05) is 25.1 Å². The molecule has 32 heavy (non-hydrogen) atoms. The number of likely N-dealkylation sites (tertiary alicyclic amines) is 1. The number of hydrogen-bond donors (Lipinski definition) is 1. The fraction of sp³-hybridized carbons (Fsp3) is 0.280. The second kappa shape index (κ2) is 10.5. The SMILES string of the molecule is C=CCOc1cccc(C2/C(=C(\O)c3ccc(Cl)cc3)C(=O)C(=O)N2CCCN(C)C)c1. The van der Waals surface area contributed by atoms with Crippen LogP contribution in [0.15, 0.2) is 66.8 Å². The highest BCUT2D eigenvalue weighted by Gasteiger charge is 2.45. The van der Waals surface area contributed by atoms with Gasteiger partial charge in [0.2, 0.25) is 0 Å². The van der Waals surface area contributed by atoms with Crippen LogP contribution in [0.1, 0.15) is 23.6 Å². The van der Waals surface area contributed by atoms with Crippen LogP contribution >= 0.6 is 11.6 Å². The van der Waals surface area contributed by atoms with Crippen LogP contribution in [-0.4, -0.2) is 60.4 Å². The molecule has 0 bridgehead atoms. The summed E-state index contributed by atoms with van der Waals surface area (Å²) in [4.78, 5) is 29.6. The van der Waals surface area contributed by atoms with E-state index in [0.717, 1.165) is 6.54 Å². The van der Waals surface area contributed by atoms with Crippen LogP contribution < -0.4 is 4.74 Å². The Kier molecular flexibility index (Phi) is 7.72. The number of Topliss-reactive ketones (excluding diaryl/α,β-unsaturated/α-hetero) is 1. The highest BCUT2D eigenvalue weighted by Crippen LogP contribution is 2.40. The summed E-state index contributed by atoms with van der Waals surface area (Å²) in [5, 5.41) is 11.6. The van der Waals surface area contributed by atoms with Crippen LogP contribution in [0.3, 0.4) is 0 Å². The Morgan fingerprint density at radius 1 is 1.22 bits per heavy atom. The number of aliphatic hydroxyl groups is 1. The Balaban J connectivity index is 2.08. The molecule has 1 heterocycles. The molecule has 1 N–H and O–H groups in total. The van der Waals surface area contributed by atoms with Gasteiger partial charge in [0.15, 0.2) is 0 Å². The summed E-state index contributed by atoms with van der Waals surface area (Å²) in [7, 11) is 3.90. The van der Waals surface area contributed by atoms with E-state index in [1.54, 1.807) is 48.5 Å². The van der Waals surface area contributed by atoms with Gasteiger partial charge in [-0.25, -0.2) is 0 Å². The predicted molar refractivity (Wildman–Crippen MR) is 126 cm³/mol. The van der Waals surface area contributed by atoms with Gasteiger partial charge in [-0.05, 0) is 69.0 Å². The molecule has 0 spiro atoms. The molecule has 6 nitrogen and oxygen atoms in total. The number of aliphatic hydroxyl groups excluding tert-OH is 1. The summed E-state index contributed by atoms with van der Waals surface area (Å²) in [6, 6.07) is 13.0. The topological polar surface area (TPSA) is 70.1 Å². The van der Waals surface area contributed by atoms with E-state index in [2.05, 4.69) is 6.58 Å². The van der Waals surface area contributed by atoms with E-state index in [1.165, 1.54) is 4.90 Å². The van der Waals surface area contributed by atoms with Crippen molar-refractivity contribution >= 4 is 29.1 Å². The Labute approximate surface area is 193 Å². The van der Waals surface area contributed by atoms with Crippen molar-refractivity contribution in [2.45, 2.75) is 12.5 Å². The van der Waals surface area contributed by atoms with Gasteiger partial charge in [-0.1, -0.05) is 36.4 Å². The Morgan fingerprint density at radius 2 is 1.94 bits per heavy atom. The van der Waals surface area contributed by atoms with Crippen LogP contribution in [0.5, 0.6) is 5.75 Å². The summed E-state index contributed by atoms with van der Waals surface area (Å²) < 4.78 is 5.64. The summed E-state index contributed by atoms with van der Waals surface area (Å²) in [5.41, 5.74) is 1.17. The molecule has 1 atom stereocenters. The lowest BCUT2D eigenvalue weighted by Gasteiger charge is -2.26. The molecular formula is C25H27ClN2O4. The van der Waals surface area contributed by atoms with Gasteiger partial charge < -0.3 is 19.6 Å². The third-order valence-electron chi connectivity index (χ3n) is 5.20. The molecule has 1 aliphatic heterocycles. The van der Waals surface area contributed by atoms with Crippen molar-refractivity contribution in [1.29, 1.82) is 0 Å². The fourth-order valence-electron chi connectivity index (χ4n) is 3.71. The number of hydrogen-bond acceptors (Lipinski definition) is 5. The molecule has 2 aromatic carbocycles. The van der Waals surface area contributed by atoms with Crippen molar-refractivity contribution in [1.82, 2.24) is 9.80 Å². The van der Waals surface area contributed by atoms with Crippen LogP contribution in [0.2, 0.25) is 5.02 Å². The highest BCUT2D eigenvalue weighted by molar-refractivity contribution is 6.46. The first kappa shape index (κ1) is 23.6. The number of halogens is 1. The number of rotatable bonds is 9. The molecule has 0 aromatic heterocycles. The molecule has 3 rings (SSSR count). The molecule has 2 aromatic rings. The maximum atomic E-state index is 13.0. The zero-order valence-electron chi connectivity index (χ0n) is 18.3. The Morgan fingerprint density at radius 3 is 2.59 bits per heavy atom. The van der Waals surface area contributed by atoms with Gasteiger partial charge >= 0.3 is 0 Å². The van der Waals surface area contributed by atoms with Crippen LogP contribution in [0.25, 0.3) is 5.76 Å². The largest absolute Gasteiger partial charge is 0.507 e. The lowest BCUT2D eigenvalue weighted by atomic mass is 9.95. The van der Waals surface area contributed by atoms with E-state index in [4.69, 9.17) is 16.3 Å². The second-order valence-corrected chi connectivity index (χ2v) is 8.26. The van der Waals surface area contributed by atoms with E-state index in [9.17, 15) is 14.7 Å². The van der Waals surface area contributed by atoms with Crippen molar-refractivity contribution in [3.05, 3.63) is 82.9 Å². The number of benzene rings is 2. The summed E-state index contributed by atoms with van der Waals surface area (Å²) in [5.74, 6) is -0.961. The zero-order chi connectivity index (χ0) is 23.3. The minimum Gasteiger partial charge on any atom is -0.507 e. The van der Waals surface area contributed by atoms with E-state index in [-0.39, 0.29) is 11.3 Å². The molecular weight excluding hydrogens is 428 g/mol. The molecule has 168 valence electrons. The van der Waals surface area contributed by atoms with Crippen LogP contribution in [-0.2, 0) is 9.59 Å². The maximum Gasteiger partial charge on any atom is 0.295 e. The standard InChI is InChI=1S/C25H27ClN2O4/c1-4-15-32-20-8-5-7-18(16-20)22-21(23(29)17-9-11-19(26)12-10-17)24(30)25(31)28(22)14-6-13-27(2)3/h4-5,7-12,16,22,29H,1,6,13-15H2,2-3H3/b23-21+. The molecule has 1 saturated heterocycles. The van der Waals surface area contributed by atoms with Gasteiger partial charge in [-0.3, -0.25) is 9.59 Å². The number of carbonyl (C=O) groups is 2. The normalized spacial score (nSPS) is 17.8. The maximum absolute atomic E-state index is 13.0. The van der Waals surface area contributed by atoms with Gasteiger partial charge in [0, 0.05) is 17.1 Å². The number of amides is 1. The second-order valence-electron chi connectivity index (χ2n) is 7.83. The Hall–Kier alpha value is -3.09. The van der Waals surface area contributed by atoms with E-state index in [0.29, 0.717) is 41.5 Å². The fourth-order valence-corrected chi connectivity index (χ4v) is 3.83. The van der Waals surface area contributed by atoms with Gasteiger partial charge in [0.1, 0.15) is 18.1 Å². The zero-order valence-corrected chi connectivity index (χ0v) is 19.0. The van der Waals surface area contributed by atoms with Gasteiger partial charge in [-0.15, -0.1) is 0 Å². The summed E-state index contributed by atoms with van der Waals surface area (Å²) in [6.07, 6.45) is 2.32. The highest BCUT2D eigenvalue weighted by atomic mass is 35.5. The van der Waals surface area contributed by atoms with Gasteiger partial charge in [0.25, 0.3) is 11.7 Å². The smallest absolute Gasteiger partial charge is 0.295 e. The molecule has 0 saturated carbocycles. The van der Waals surface area contributed by atoms with Crippen molar-refractivity contribution in [2.75, 3.05) is 33.8 Å². The average Bonchev–Trinajstić information content (AvgIpc) is 3.02.